The van der Waals surface area contributed by atoms with Crippen LogP contribution in [0.25, 0.3) is 0 Å². The summed E-state index contributed by atoms with van der Waals surface area (Å²) in [5, 5.41) is 19.1. The zero-order valence-corrected chi connectivity index (χ0v) is 10.1. The van der Waals surface area contributed by atoms with Crippen LogP contribution >= 0.6 is 0 Å². The molecule has 0 aliphatic carbocycles. The Balaban J connectivity index is 2.42. The second-order valence-corrected chi connectivity index (χ2v) is 4.27. The quantitative estimate of drug-likeness (QED) is 0.798. The number of allylic oxidation sites excluding steroid dienone is 1. The lowest BCUT2D eigenvalue weighted by molar-refractivity contribution is 0.473. The number of hydrogen-bond acceptors (Lipinski definition) is 2. The molecule has 2 N–H and O–H groups in total. The number of aromatic hydroxyl groups is 2. The van der Waals surface area contributed by atoms with Gasteiger partial charge in [0.25, 0.3) is 0 Å². The first kappa shape index (κ1) is 12.2. The van der Waals surface area contributed by atoms with Crippen molar-refractivity contribution < 1.29 is 10.2 Å². The van der Waals surface area contributed by atoms with Crippen molar-refractivity contribution in [2.75, 3.05) is 0 Å². The van der Waals surface area contributed by atoms with Crippen LogP contribution in [-0.4, -0.2) is 10.2 Å². The SMILES string of the molecule is C=CCC(c1cccc(O)c1)c1cccc(O)c1. The molecule has 0 bridgehead atoms. The maximum atomic E-state index is 9.56. The van der Waals surface area contributed by atoms with Gasteiger partial charge in [-0.25, -0.2) is 0 Å². The molecule has 92 valence electrons. The van der Waals surface area contributed by atoms with Gasteiger partial charge in [-0.3, -0.25) is 0 Å². The summed E-state index contributed by atoms with van der Waals surface area (Å²) in [6, 6.07) is 14.4. The van der Waals surface area contributed by atoms with Crippen LogP contribution in [0.5, 0.6) is 11.5 Å². The van der Waals surface area contributed by atoms with Crippen LogP contribution in [0.3, 0.4) is 0 Å². The molecule has 2 heteroatoms. The van der Waals surface area contributed by atoms with E-state index in [1.54, 1.807) is 24.3 Å². The zero-order chi connectivity index (χ0) is 13.0. The van der Waals surface area contributed by atoms with E-state index in [1.807, 2.05) is 30.3 Å². The van der Waals surface area contributed by atoms with Crippen molar-refractivity contribution in [1.29, 1.82) is 0 Å². The van der Waals surface area contributed by atoms with E-state index in [0.29, 0.717) is 0 Å². The second-order valence-electron chi connectivity index (χ2n) is 4.27. The third-order valence-corrected chi connectivity index (χ3v) is 2.95. The molecule has 0 aromatic heterocycles. The van der Waals surface area contributed by atoms with E-state index in [1.165, 1.54) is 0 Å². The minimum Gasteiger partial charge on any atom is -0.508 e. The van der Waals surface area contributed by atoms with Gasteiger partial charge in [-0.1, -0.05) is 30.3 Å². The Morgan fingerprint density at radius 1 is 0.944 bits per heavy atom. The summed E-state index contributed by atoms with van der Waals surface area (Å²) in [6.45, 7) is 3.77. The van der Waals surface area contributed by atoms with Gasteiger partial charge in [0.15, 0.2) is 0 Å². The summed E-state index contributed by atoms with van der Waals surface area (Å²) in [7, 11) is 0. The molecule has 18 heavy (non-hydrogen) atoms. The van der Waals surface area contributed by atoms with Crippen molar-refractivity contribution in [2.45, 2.75) is 12.3 Å². The van der Waals surface area contributed by atoms with Gasteiger partial charge in [-0.05, 0) is 41.8 Å². The summed E-state index contributed by atoms with van der Waals surface area (Å²) < 4.78 is 0. The summed E-state index contributed by atoms with van der Waals surface area (Å²) in [5.41, 5.74) is 2.03. The zero-order valence-electron chi connectivity index (χ0n) is 10.1. The third kappa shape index (κ3) is 2.72. The number of rotatable bonds is 4. The van der Waals surface area contributed by atoms with Crippen molar-refractivity contribution in [2.24, 2.45) is 0 Å². The standard InChI is InChI=1S/C16H16O2/c1-2-5-16(12-6-3-8-14(17)10-12)13-7-4-9-15(18)11-13/h2-4,6-11,16-18H,1,5H2. The van der Waals surface area contributed by atoms with Crippen LogP contribution in [-0.2, 0) is 0 Å². The van der Waals surface area contributed by atoms with E-state index in [4.69, 9.17) is 0 Å². The van der Waals surface area contributed by atoms with Crippen LogP contribution in [0, 0.1) is 0 Å². The minimum atomic E-state index is 0.0988. The van der Waals surface area contributed by atoms with Crippen LogP contribution in [0.1, 0.15) is 23.5 Å². The molecule has 2 rings (SSSR count). The summed E-state index contributed by atoms with van der Waals surface area (Å²) in [5.74, 6) is 0.602. The van der Waals surface area contributed by atoms with Crippen molar-refractivity contribution >= 4 is 0 Å². The molecule has 0 heterocycles. The molecule has 0 atom stereocenters. The van der Waals surface area contributed by atoms with E-state index in [0.717, 1.165) is 17.5 Å². The van der Waals surface area contributed by atoms with Gasteiger partial charge in [-0.2, -0.15) is 0 Å². The molecule has 0 unspecified atom stereocenters. The van der Waals surface area contributed by atoms with Gasteiger partial charge in [0.2, 0.25) is 0 Å². The molecule has 2 aromatic carbocycles. The lowest BCUT2D eigenvalue weighted by Crippen LogP contribution is -1.99. The van der Waals surface area contributed by atoms with Crippen LogP contribution in [0.15, 0.2) is 61.2 Å². The van der Waals surface area contributed by atoms with Gasteiger partial charge in [0, 0.05) is 5.92 Å². The lowest BCUT2D eigenvalue weighted by atomic mass is 9.88. The van der Waals surface area contributed by atoms with Gasteiger partial charge in [0.05, 0.1) is 0 Å². The number of phenols is 2. The first-order chi connectivity index (χ1) is 8.70. The number of phenolic OH excluding ortho intramolecular Hbond substituents is 2. The first-order valence-electron chi connectivity index (χ1n) is 5.89. The average Bonchev–Trinajstić information content (AvgIpc) is 2.36. The van der Waals surface area contributed by atoms with E-state index >= 15 is 0 Å². The van der Waals surface area contributed by atoms with Crippen LogP contribution in [0.2, 0.25) is 0 Å². The van der Waals surface area contributed by atoms with E-state index < -0.39 is 0 Å². The minimum absolute atomic E-state index is 0.0988. The predicted octanol–water partition coefficient (Wildman–Crippen LogP) is 3.81. The molecule has 0 aliphatic heterocycles. The van der Waals surface area contributed by atoms with Crippen molar-refractivity contribution in [1.82, 2.24) is 0 Å². The smallest absolute Gasteiger partial charge is 0.115 e. The molecule has 0 saturated heterocycles. The highest BCUT2D eigenvalue weighted by Crippen LogP contribution is 2.31. The fourth-order valence-corrected chi connectivity index (χ4v) is 2.11. The molecule has 0 radical (unpaired) electrons. The molecule has 0 amide bonds. The Morgan fingerprint density at radius 2 is 1.44 bits per heavy atom. The Kier molecular flexibility index (Phi) is 3.68. The summed E-state index contributed by atoms with van der Waals surface area (Å²) in [4.78, 5) is 0. The van der Waals surface area contributed by atoms with Gasteiger partial charge in [-0.15, -0.1) is 6.58 Å². The molecule has 2 nitrogen and oxygen atoms in total. The van der Waals surface area contributed by atoms with Crippen molar-refractivity contribution in [3.63, 3.8) is 0 Å². The normalized spacial score (nSPS) is 10.5. The summed E-state index contributed by atoms with van der Waals surface area (Å²) >= 11 is 0. The number of hydrogen-bond donors (Lipinski definition) is 2. The van der Waals surface area contributed by atoms with Gasteiger partial charge in [0.1, 0.15) is 11.5 Å². The largest absolute Gasteiger partial charge is 0.508 e. The Labute approximate surface area is 107 Å². The topological polar surface area (TPSA) is 40.5 Å². The highest BCUT2D eigenvalue weighted by Gasteiger charge is 2.13. The predicted molar refractivity (Wildman–Crippen MR) is 72.9 cm³/mol. The Bertz CT molecular complexity index is 501. The molecule has 0 fully saturated rings. The first-order valence-corrected chi connectivity index (χ1v) is 5.89. The van der Waals surface area contributed by atoms with E-state index in [9.17, 15) is 10.2 Å². The Morgan fingerprint density at radius 3 is 1.83 bits per heavy atom. The van der Waals surface area contributed by atoms with Gasteiger partial charge < -0.3 is 10.2 Å². The maximum Gasteiger partial charge on any atom is 0.115 e. The monoisotopic (exact) mass is 240 g/mol. The third-order valence-electron chi connectivity index (χ3n) is 2.95. The van der Waals surface area contributed by atoms with E-state index in [-0.39, 0.29) is 17.4 Å². The maximum absolute atomic E-state index is 9.56. The fourth-order valence-electron chi connectivity index (χ4n) is 2.11. The van der Waals surface area contributed by atoms with Crippen molar-refractivity contribution in [3.8, 4) is 11.5 Å². The Hall–Kier alpha value is -2.22. The highest BCUT2D eigenvalue weighted by molar-refractivity contribution is 5.39. The molecular formula is C16H16O2. The van der Waals surface area contributed by atoms with E-state index in [2.05, 4.69) is 6.58 Å². The average molecular weight is 240 g/mol. The summed E-state index contributed by atoms with van der Waals surface area (Å²) in [6.07, 6.45) is 2.60. The molecular weight excluding hydrogens is 224 g/mol. The van der Waals surface area contributed by atoms with Crippen molar-refractivity contribution in [3.05, 3.63) is 72.3 Å². The van der Waals surface area contributed by atoms with Crippen LogP contribution in [0.4, 0.5) is 0 Å². The molecule has 0 saturated carbocycles. The lowest BCUT2D eigenvalue weighted by Gasteiger charge is -2.16. The highest BCUT2D eigenvalue weighted by atomic mass is 16.3. The molecule has 0 spiro atoms. The number of benzene rings is 2. The molecule has 0 aliphatic rings. The van der Waals surface area contributed by atoms with Crippen LogP contribution < -0.4 is 0 Å². The fraction of sp³-hybridized carbons (Fsp3) is 0.125. The van der Waals surface area contributed by atoms with Gasteiger partial charge >= 0.3 is 0 Å². The molecule has 2 aromatic rings. The second kappa shape index (κ2) is 5.41.